The molecule has 20 heavy (non-hydrogen) atoms. The Morgan fingerprint density at radius 1 is 1.35 bits per heavy atom. The molecular weight excluding hydrogens is 327 g/mol. The van der Waals surface area contributed by atoms with Crippen LogP contribution in [0.1, 0.15) is 6.42 Å². The van der Waals surface area contributed by atoms with E-state index in [1.54, 1.807) is 0 Å². The van der Waals surface area contributed by atoms with Crippen LogP contribution in [0, 0.1) is 5.92 Å². The van der Waals surface area contributed by atoms with Crippen molar-refractivity contribution < 1.29 is 17.9 Å². The first-order valence-corrected chi connectivity index (χ1v) is 7.99. The van der Waals surface area contributed by atoms with Gasteiger partial charge >= 0.3 is 0 Å². The highest BCUT2D eigenvalue weighted by Gasteiger charge is 2.25. The number of nitrogens with two attached hydrogens (primary N) is 1. The summed E-state index contributed by atoms with van der Waals surface area (Å²) in [7, 11) is -3.91. The molecule has 1 aromatic carbocycles. The van der Waals surface area contributed by atoms with E-state index in [4.69, 9.17) is 33.1 Å². The van der Waals surface area contributed by atoms with Gasteiger partial charge in [0.25, 0.3) is 0 Å². The molecule has 1 aliphatic rings. The summed E-state index contributed by atoms with van der Waals surface area (Å²) in [5, 5.41) is 7.59. The lowest BCUT2D eigenvalue weighted by molar-refractivity contribution is -0.119. The van der Waals surface area contributed by atoms with Gasteiger partial charge in [-0.3, -0.25) is 4.79 Å². The SMILES string of the molecule is NS(=O)(=O)c1cc(Cl)c(NC(=O)C2CCOC2)c(Cl)c1. The lowest BCUT2D eigenvalue weighted by atomic mass is 10.1. The van der Waals surface area contributed by atoms with Crippen molar-refractivity contribution in [3.8, 4) is 0 Å². The summed E-state index contributed by atoms with van der Waals surface area (Å²) in [5.74, 6) is -0.533. The van der Waals surface area contributed by atoms with Gasteiger partial charge in [0.1, 0.15) is 0 Å². The van der Waals surface area contributed by atoms with Gasteiger partial charge in [-0.2, -0.15) is 0 Å². The number of amides is 1. The molecule has 0 saturated carbocycles. The highest BCUT2D eigenvalue weighted by atomic mass is 35.5. The molecule has 1 aromatic rings. The molecule has 0 aliphatic carbocycles. The minimum Gasteiger partial charge on any atom is -0.381 e. The second kappa shape index (κ2) is 5.87. The van der Waals surface area contributed by atoms with Gasteiger partial charge in [0.2, 0.25) is 15.9 Å². The molecule has 0 aromatic heterocycles. The smallest absolute Gasteiger partial charge is 0.238 e. The number of hydrogen-bond acceptors (Lipinski definition) is 4. The third kappa shape index (κ3) is 3.42. The predicted molar refractivity (Wildman–Crippen MR) is 75.4 cm³/mol. The molecule has 110 valence electrons. The van der Waals surface area contributed by atoms with Crippen LogP contribution >= 0.6 is 23.2 Å². The van der Waals surface area contributed by atoms with E-state index in [2.05, 4.69) is 5.32 Å². The minimum absolute atomic E-state index is 0.00814. The molecule has 6 nitrogen and oxygen atoms in total. The van der Waals surface area contributed by atoms with Crippen molar-refractivity contribution in [2.24, 2.45) is 11.1 Å². The number of benzene rings is 1. The van der Waals surface area contributed by atoms with Crippen LogP contribution in [0.4, 0.5) is 5.69 Å². The Balaban J connectivity index is 2.26. The van der Waals surface area contributed by atoms with Gasteiger partial charge in [-0.05, 0) is 18.6 Å². The Bertz CT molecular complexity index is 619. The van der Waals surface area contributed by atoms with E-state index in [-0.39, 0.29) is 32.5 Å². The fraction of sp³-hybridized carbons (Fsp3) is 0.364. The molecule has 2 rings (SSSR count). The molecule has 1 aliphatic heterocycles. The number of primary sulfonamides is 1. The first kappa shape index (κ1) is 15.5. The maximum Gasteiger partial charge on any atom is 0.238 e. The predicted octanol–water partition coefficient (Wildman–Crippen LogP) is 1.62. The molecule has 3 N–H and O–H groups in total. The van der Waals surface area contributed by atoms with Crippen LogP contribution in [-0.4, -0.2) is 27.5 Å². The van der Waals surface area contributed by atoms with Crippen LogP contribution in [0.3, 0.4) is 0 Å². The molecule has 0 radical (unpaired) electrons. The highest BCUT2D eigenvalue weighted by Crippen LogP contribution is 2.33. The van der Waals surface area contributed by atoms with Crippen LogP contribution in [0.15, 0.2) is 17.0 Å². The third-order valence-electron chi connectivity index (χ3n) is 2.89. The van der Waals surface area contributed by atoms with Gasteiger partial charge in [-0.1, -0.05) is 23.2 Å². The maximum absolute atomic E-state index is 11.9. The van der Waals surface area contributed by atoms with Crippen molar-refractivity contribution in [3.05, 3.63) is 22.2 Å². The first-order valence-electron chi connectivity index (χ1n) is 5.69. The average Bonchev–Trinajstić information content (AvgIpc) is 2.85. The van der Waals surface area contributed by atoms with Gasteiger partial charge < -0.3 is 10.1 Å². The van der Waals surface area contributed by atoms with Crippen molar-refractivity contribution in [2.45, 2.75) is 11.3 Å². The molecule has 1 atom stereocenters. The quantitative estimate of drug-likeness (QED) is 0.874. The summed E-state index contributed by atoms with van der Waals surface area (Å²) in [6, 6.07) is 2.28. The molecule has 0 spiro atoms. The molecule has 1 saturated heterocycles. The summed E-state index contributed by atoms with van der Waals surface area (Å²) in [4.78, 5) is 11.7. The number of rotatable bonds is 3. The number of anilines is 1. The maximum atomic E-state index is 11.9. The molecule has 1 unspecified atom stereocenters. The molecule has 9 heteroatoms. The molecule has 1 fully saturated rings. The van der Waals surface area contributed by atoms with Gasteiger partial charge in [0, 0.05) is 6.61 Å². The zero-order valence-corrected chi connectivity index (χ0v) is 12.6. The number of carbonyl (C=O) groups is 1. The minimum atomic E-state index is -3.91. The van der Waals surface area contributed by atoms with Gasteiger partial charge in [0.15, 0.2) is 0 Å². The Kier molecular flexibility index (Phi) is 4.55. The standard InChI is InChI=1S/C11H12Cl2N2O4S/c12-8-3-7(20(14,17)18)4-9(13)10(8)15-11(16)6-1-2-19-5-6/h3-4,6H,1-2,5H2,(H,15,16)(H2,14,17,18). The largest absolute Gasteiger partial charge is 0.381 e. The van der Waals surface area contributed by atoms with Gasteiger partial charge in [0.05, 0.1) is 33.2 Å². The zero-order chi connectivity index (χ0) is 14.9. The second-order valence-electron chi connectivity index (χ2n) is 4.36. The second-order valence-corrected chi connectivity index (χ2v) is 6.73. The van der Waals surface area contributed by atoms with Crippen LogP contribution in [0.5, 0.6) is 0 Å². The van der Waals surface area contributed by atoms with E-state index in [1.165, 1.54) is 0 Å². The number of ether oxygens (including phenoxy) is 1. The van der Waals surface area contributed by atoms with Crippen LogP contribution in [0.25, 0.3) is 0 Å². The van der Waals surface area contributed by atoms with Gasteiger partial charge in [-0.15, -0.1) is 0 Å². The van der Waals surface area contributed by atoms with Crippen molar-refractivity contribution in [1.29, 1.82) is 0 Å². The average molecular weight is 339 g/mol. The molecule has 1 amide bonds. The van der Waals surface area contributed by atoms with E-state index in [0.717, 1.165) is 12.1 Å². The number of halogens is 2. The number of hydrogen-bond donors (Lipinski definition) is 2. The Hall–Kier alpha value is -0.860. The van der Waals surface area contributed by atoms with E-state index >= 15 is 0 Å². The Labute approximate surface area is 126 Å². The van der Waals surface area contributed by atoms with E-state index in [1.807, 2.05) is 0 Å². The summed E-state index contributed by atoms with van der Waals surface area (Å²) in [6.07, 6.45) is 0.621. The fourth-order valence-electron chi connectivity index (χ4n) is 1.80. The van der Waals surface area contributed by atoms with Crippen molar-refractivity contribution in [1.82, 2.24) is 0 Å². The van der Waals surface area contributed by atoms with E-state index in [9.17, 15) is 13.2 Å². The number of sulfonamides is 1. The summed E-state index contributed by atoms with van der Waals surface area (Å²) in [5.41, 5.74) is 0.164. The summed E-state index contributed by atoms with van der Waals surface area (Å²) < 4.78 is 27.6. The Morgan fingerprint density at radius 3 is 2.40 bits per heavy atom. The summed E-state index contributed by atoms with van der Waals surface area (Å²) >= 11 is 11.9. The Morgan fingerprint density at radius 2 is 1.95 bits per heavy atom. The van der Waals surface area contributed by atoms with Crippen LogP contribution in [0.2, 0.25) is 10.0 Å². The van der Waals surface area contributed by atoms with Gasteiger partial charge in [-0.25, -0.2) is 13.6 Å². The third-order valence-corrected chi connectivity index (χ3v) is 4.38. The highest BCUT2D eigenvalue weighted by molar-refractivity contribution is 7.89. The first-order chi connectivity index (χ1) is 9.29. The lowest BCUT2D eigenvalue weighted by Gasteiger charge is -2.13. The van der Waals surface area contributed by atoms with Crippen molar-refractivity contribution in [2.75, 3.05) is 18.5 Å². The lowest BCUT2D eigenvalue weighted by Crippen LogP contribution is -2.23. The topological polar surface area (TPSA) is 98.5 Å². The summed E-state index contributed by atoms with van der Waals surface area (Å²) in [6.45, 7) is 0.875. The van der Waals surface area contributed by atoms with Crippen LogP contribution in [-0.2, 0) is 19.6 Å². The van der Waals surface area contributed by atoms with E-state index < -0.39 is 10.0 Å². The molecular formula is C11H12Cl2N2O4S. The van der Waals surface area contributed by atoms with Crippen molar-refractivity contribution >= 4 is 44.8 Å². The molecule has 1 heterocycles. The van der Waals surface area contributed by atoms with Crippen molar-refractivity contribution in [3.63, 3.8) is 0 Å². The van der Waals surface area contributed by atoms with E-state index in [0.29, 0.717) is 19.6 Å². The molecule has 0 bridgehead atoms. The fourth-order valence-corrected chi connectivity index (χ4v) is 3.08. The zero-order valence-electron chi connectivity index (χ0n) is 10.2. The number of carbonyl (C=O) groups excluding carboxylic acids is 1. The normalized spacial score (nSPS) is 19.1. The monoisotopic (exact) mass is 338 g/mol. The number of nitrogens with one attached hydrogen (secondary N) is 1. The van der Waals surface area contributed by atoms with Crippen LogP contribution < -0.4 is 10.5 Å².